The number of methoxy groups -OCH3 is 2. The molecule has 0 unspecified atom stereocenters. The second-order valence-corrected chi connectivity index (χ2v) is 22.8. The second kappa shape index (κ2) is 28.5. The minimum atomic E-state index is -0.946. The maximum Gasteiger partial charge on any atom is 0.251 e. The summed E-state index contributed by atoms with van der Waals surface area (Å²) in [5.74, 6) is -2.26. The molecular weight excluding hydrogens is 1020 g/mol. The van der Waals surface area contributed by atoms with E-state index in [0.717, 1.165) is 75.3 Å². The Morgan fingerprint density at radius 2 is 0.988 bits per heavy atom. The number of nitrogens with one attached hydrogen (secondary N) is 6. The first-order valence-corrected chi connectivity index (χ1v) is 29.1. The van der Waals surface area contributed by atoms with E-state index in [-0.39, 0.29) is 96.6 Å². The van der Waals surface area contributed by atoms with Crippen molar-refractivity contribution in [3.05, 3.63) is 95.1 Å². The zero-order chi connectivity index (χ0) is 57.6. The van der Waals surface area contributed by atoms with E-state index in [2.05, 4.69) is 31.9 Å². The summed E-state index contributed by atoms with van der Waals surface area (Å²) in [6.45, 7) is 9.36. The van der Waals surface area contributed by atoms with Crippen LogP contribution in [0.5, 0.6) is 11.5 Å². The van der Waals surface area contributed by atoms with Gasteiger partial charge >= 0.3 is 0 Å². The van der Waals surface area contributed by atoms with Crippen LogP contribution < -0.4 is 41.4 Å². The molecule has 2 aliphatic heterocycles. The van der Waals surface area contributed by atoms with E-state index < -0.39 is 66.1 Å². The Morgan fingerprint density at radius 3 is 1.40 bits per heavy atom. The fourth-order valence-electron chi connectivity index (χ4n) is 12.0. The molecule has 4 fully saturated rings. The number of likely N-dealkylation sites (N-methyl/N-ethyl adjacent to an activating group) is 1. The van der Waals surface area contributed by atoms with Gasteiger partial charge in [0, 0.05) is 54.6 Å². The quantitative estimate of drug-likeness (QED) is 0.0583. The lowest BCUT2D eigenvalue weighted by molar-refractivity contribution is -0.145. The van der Waals surface area contributed by atoms with Gasteiger partial charge in [0.25, 0.3) is 11.8 Å². The summed E-state index contributed by atoms with van der Waals surface area (Å²) >= 11 is 0. The highest BCUT2D eigenvalue weighted by Gasteiger charge is 2.47. The lowest BCUT2D eigenvalue weighted by Crippen LogP contribution is -2.57. The molecule has 0 aromatic heterocycles. The van der Waals surface area contributed by atoms with Crippen LogP contribution in [-0.2, 0) is 28.8 Å². The molecule has 2 heterocycles. The Morgan fingerprint density at radius 1 is 0.562 bits per heavy atom. The highest BCUT2D eigenvalue weighted by Crippen LogP contribution is 2.36. The molecule has 4 aliphatic rings. The number of likely N-dealkylation sites (tertiary alicyclic amines) is 2. The standard InChI is InChI=1S/C62H86N8O10/c1-9-37(2)56(72)68-55(44-18-14-11-15-19-44)62(78)70-36-48(33-53(70)60(76)65-39(4)42-26-30-50(80-8)31-27-42)67-58(74)46-22-20-45(21-23-46)57(73)66-47-32-52(59(75)64-38(3)41-24-28-49(79-7)29-25-41)69(35-47)61(77)51(34-54(71)40(5)63-6)43-16-12-10-13-17-43/h20-31,37-40,43-44,47-48,51-53,55,63H,9-19,32-36H2,1-8H3,(H,64,75)(H,65,76)(H,66,73)(H,67,74)(H,68,72)/t37-,38-,39-,40+,47+,48+,51+,52+,53+,55+/m1/s1. The van der Waals surface area contributed by atoms with E-state index in [1.807, 2.05) is 76.2 Å². The monoisotopic (exact) mass is 1100 g/mol. The highest BCUT2D eigenvalue weighted by atomic mass is 16.5. The molecular formula is C62H86N8O10. The number of ether oxygens (including phenoxy) is 2. The fourth-order valence-corrected chi connectivity index (χ4v) is 12.0. The Hall–Kier alpha value is -6.82. The largest absolute Gasteiger partial charge is 0.497 e. The highest BCUT2D eigenvalue weighted by molar-refractivity contribution is 5.99. The number of hydrogen-bond donors (Lipinski definition) is 6. The maximum absolute atomic E-state index is 14.9. The van der Waals surface area contributed by atoms with Gasteiger partial charge in [0.1, 0.15) is 35.4 Å². The van der Waals surface area contributed by atoms with Gasteiger partial charge in [-0.1, -0.05) is 76.6 Å². The normalized spacial score (nSPS) is 21.9. The van der Waals surface area contributed by atoms with Crippen molar-refractivity contribution in [3.63, 3.8) is 0 Å². The van der Waals surface area contributed by atoms with Crippen molar-refractivity contribution in [1.29, 1.82) is 0 Å². The lowest BCUT2D eigenvalue weighted by Gasteiger charge is -2.35. The van der Waals surface area contributed by atoms with Gasteiger partial charge in [0.15, 0.2) is 0 Å². The van der Waals surface area contributed by atoms with Crippen molar-refractivity contribution in [2.45, 2.75) is 173 Å². The van der Waals surface area contributed by atoms with Crippen molar-refractivity contribution in [2.24, 2.45) is 23.7 Å². The van der Waals surface area contributed by atoms with Gasteiger partial charge in [-0.2, -0.15) is 0 Å². The van der Waals surface area contributed by atoms with Crippen molar-refractivity contribution >= 4 is 47.1 Å². The molecule has 80 heavy (non-hydrogen) atoms. The molecule has 0 radical (unpaired) electrons. The number of amides is 7. The molecule has 434 valence electrons. The predicted octanol–water partition coefficient (Wildman–Crippen LogP) is 6.73. The lowest BCUT2D eigenvalue weighted by atomic mass is 9.76. The number of hydrogen-bond acceptors (Lipinski definition) is 11. The van der Waals surface area contributed by atoms with E-state index in [0.29, 0.717) is 17.9 Å². The van der Waals surface area contributed by atoms with Crippen LogP contribution in [0.3, 0.4) is 0 Å². The van der Waals surface area contributed by atoms with E-state index in [1.54, 1.807) is 33.1 Å². The summed E-state index contributed by atoms with van der Waals surface area (Å²) in [6.07, 6.45) is 9.98. The van der Waals surface area contributed by atoms with Gasteiger partial charge in [0.05, 0.1) is 32.3 Å². The third-order valence-electron chi connectivity index (χ3n) is 17.4. The third-order valence-corrected chi connectivity index (χ3v) is 17.4. The molecule has 18 nitrogen and oxygen atoms in total. The number of ketones is 1. The minimum absolute atomic E-state index is 0.0155. The number of benzene rings is 3. The maximum atomic E-state index is 14.9. The van der Waals surface area contributed by atoms with E-state index >= 15 is 0 Å². The number of nitrogens with zero attached hydrogens (tertiary/aromatic N) is 2. The van der Waals surface area contributed by atoms with Crippen LogP contribution in [0, 0.1) is 23.7 Å². The van der Waals surface area contributed by atoms with Gasteiger partial charge < -0.3 is 51.2 Å². The Labute approximate surface area is 472 Å². The number of carbonyl (C=O) groups excluding carboxylic acids is 8. The summed E-state index contributed by atoms with van der Waals surface area (Å²) < 4.78 is 10.6. The Balaban J connectivity index is 1.06. The van der Waals surface area contributed by atoms with Crippen molar-refractivity contribution in [2.75, 3.05) is 34.4 Å². The molecule has 3 aromatic rings. The van der Waals surface area contributed by atoms with Gasteiger partial charge in [0.2, 0.25) is 29.5 Å². The summed E-state index contributed by atoms with van der Waals surface area (Å²) in [4.78, 5) is 117. The first kappa shape index (κ1) is 60.8. The van der Waals surface area contributed by atoms with E-state index in [9.17, 15) is 38.4 Å². The molecule has 10 atom stereocenters. The predicted molar refractivity (Wildman–Crippen MR) is 304 cm³/mol. The van der Waals surface area contributed by atoms with Crippen LogP contribution in [0.1, 0.15) is 168 Å². The molecule has 2 aliphatic carbocycles. The number of carbonyl (C=O) groups is 8. The molecule has 7 amide bonds. The zero-order valence-corrected chi connectivity index (χ0v) is 48.1. The molecule has 2 saturated heterocycles. The van der Waals surface area contributed by atoms with Gasteiger partial charge in [-0.05, 0) is 144 Å². The smallest absolute Gasteiger partial charge is 0.251 e. The van der Waals surface area contributed by atoms with Crippen molar-refractivity contribution < 1.29 is 47.8 Å². The van der Waals surface area contributed by atoms with Crippen LogP contribution in [0.2, 0.25) is 0 Å². The average molecular weight is 1100 g/mol. The second-order valence-electron chi connectivity index (χ2n) is 22.8. The summed E-state index contributed by atoms with van der Waals surface area (Å²) in [6, 6.07) is 15.6. The molecule has 0 spiro atoms. The Kier molecular flexibility index (Phi) is 21.7. The number of Topliss-reactive ketones (excluding diaryl/α,β-unsaturated/α-hetero) is 1. The molecule has 3 aromatic carbocycles. The first-order valence-electron chi connectivity index (χ1n) is 29.1. The molecule has 0 bridgehead atoms. The molecule has 6 N–H and O–H groups in total. The summed E-state index contributed by atoms with van der Waals surface area (Å²) in [7, 11) is 4.88. The van der Waals surface area contributed by atoms with E-state index in [4.69, 9.17) is 9.47 Å². The van der Waals surface area contributed by atoms with Crippen molar-refractivity contribution in [1.82, 2.24) is 41.7 Å². The van der Waals surface area contributed by atoms with Crippen LogP contribution >= 0.6 is 0 Å². The van der Waals surface area contributed by atoms with E-state index in [1.165, 1.54) is 29.2 Å². The zero-order valence-electron chi connectivity index (χ0n) is 48.1. The SMILES string of the molecule is CC[C@@H](C)C(=O)N[C@H](C(=O)N1C[C@@H](NC(=O)c2ccc(C(=O)N[C@H]3C[C@@H](C(=O)N[C@H](C)c4ccc(OC)cc4)N(C(=O)[C@@H](CC(=O)[C@H](C)NC)C4CCCCC4)C3)cc2)C[C@H]1C(=O)N[C@H](C)c1ccc(OC)cc1)C1CCCCC1. The molecule has 7 rings (SSSR count). The summed E-state index contributed by atoms with van der Waals surface area (Å²) in [5.41, 5.74) is 2.18. The minimum Gasteiger partial charge on any atom is -0.497 e. The van der Waals surface area contributed by atoms with Gasteiger partial charge in [-0.25, -0.2) is 0 Å². The molecule has 2 saturated carbocycles. The average Bonchev–Trinajstić information content (AvgIpc) is 4.14. The topological polar surface area (TPSA) is 234 Å². The molecule has 18 heteroatoms. The van der Waals surface area contributed by atoms with Gasteiger partial charge in [-0.15, -0.1) is 0 Å². The fraction of sp³-hybridized carbons (Fsp3) is 0.581. The summed E-state index contributed by atoms with van der Waals surface area (Å²) in [5, 5.41) is 18.4. The number of rotatable bonds is 23. The van der Waals surface area contributed by atoms with Crippen LogP contribution in [0.4, 0.5) is 0 Å². The van der Waals surface area contributed by atoms with Crippen LogP contribution in [0.25, 0.3) is 0 Å². The van der Waals surface area contributed by atoms with Crippen LogP contribution in [-0.4, -0.2) is 128 Å². The Bertz CT molecular complexity index is 2440. The van der Waals surface area contributed by atoms with Gasteiger partial charge in [-0.3, -0.25) is 38.4 Å². The van der Waals surface area contributed by atoms with Crippen LogP contribution in [0.15, 0.2) is 72.8 Å². The third kappa shape index (κ3) is 15.3. The van der Waals surface area contributed by atoms with Crippen molar-refractivity contribution in [3.8, 4) is 11.5 Å². The first-order chi connectivity index (χ1) is 38.4.